The van der Waals surface area contributed by atoms with E-state index in [1.807, 2.05) is 24.3 Å². The first-order valence-corrected chi connectivity index (χ1v) is 8.38. The molecule has 1 aliphatic carbocycles. The van der Waals surface area contributed by atoms with Crippen molar-refractivity contribution in [2.45, 2.75) is 44.2 Å². The number of hydrogen-bond acceptors (Lipinski definition) is 3. The molecule has 0 radical (unpaired) electrons. The van der Waals surface area contributed by atoms with Crippen LogP contribution in [0.5, 0.6) is 0 Å². The monoisotopic (exact) mass is 377 g/mol. The molecule has 23 heavy (non-hydrogen) atoms. The number of carbonyl (C=O) groups excluding carboxylic acids is 2. The van der Waals surface area contributed by atoms with Crippen LogP contribution in [0.2, 0.25) is 0 Å². The van der Waals surface area contributed by atoms with Gasteiger partial charge in [-0.25, -0.2) is 0 Å². The molecule has 122 valence electrons. The van der Waals surface area contributed by atoms with Gasteiger partial charge in [-0.3, -0.25) is 9.59 Å². The fraction of sp³-hybridized carbons (Fsp3) is 0.471. The van der Waals surface area contributed by atoms with Crippen LogP contribution in [0.4, 0.5) is 0 Å². The summed E-state index contributed by atoms with van der Waals surface area (Å²) in [5.74, 6) is -0.320. The van der Waals surface area contributed by atoms with Crippen LogP contribution in [-0.2, 0) is 9.59 Å². The summed E-state index contributed by atoms with van der Waals surface area (Å²) in [6.07, 6.45) is 2.54. The van der Waals surface area contributed by atoms with Crippen molar-refractivity contribution in [3.05, 3.63) is 34.3 Å². The number of benzene rings is 1. The minimum absolute atomic E-state index is 0.132. The minimum Gasteiger partial charge on any atom is -0.349 e. The molecule has 0 saturated heterocycles. The Bertz CT molecular complexity index is 632. The van der Waals surface area contributed by atoms with Gasteiger partial charge in [-0.1, -0.05) is 28.1 Å². The van der Waals surface area contributed by atoms with E-state index in [0.29, 0.717) is 0 Å². The maximum absolute atomic E-state index is 12.6. The predicted octanol–water partition coefficient (Wildman–Crippen LogP) is 2.92. The number of carbonyl (C=O) groups is 2. The van der Waals surface area contributed by atoms with Gasteiger partial charge in [0.25, 0.3) is 0 Å². The summed E-state index contributed by atoms with van der Waals surface area (Å²) in [6, 6.07) is 9.38. The van der Waals surface area contributed by atoms with Crippen molar-refractivity contribution in [3.63, 3.8) is 0 Å². The van der Waals surface area contributed by atoms with E-state index < -0.39 is 11.6 Å². The first-order valence-electron chi connectivity index (χ1n) is 7.58. The first kappa shape index (κ1) is 17.5. The van der Waals surface area contributed by atoms with Crippen molar-refractivity contribution in [2.24, 2.45) is 0 Å². The molecule has 1 aromatic carbocycles. The Morgan fingerprint density at radius 2 is 2.00 bits per heavy atom. The summed E-state index contributed by atoms with van der Waals surface area (Å²) in [5, 5.41) is 12.2. The third kappa shape index (κ3) is 3.91. The van der Waals surface area contributed by atoms with Crippen molar-refractivity contribution in [3.8, 4) is 6.07 Å². The standard InChI is InChI=1S/C17H20BrN3O2/c1-12(22)20-15(13-4-6-14(18)7-5-13)10-16(23)21(2)17(11-19)8-3-9-17/h4-7,15H,3,8-10H2,1-2H3,(H,20,22). The van der Waals surface area contributed by atoms with Gasteiger partial charge in [0.05, 0.1) is 18.5 Å². The van der Waals surface area contributed by atoms with Crippen LogP contribution >= 0.6 is 15.9 Å². The fourth-order valence-electron chi connectivity index (χ4n) is 2.78. The third-order valence-corrected chi connectivity index (χ3v) is 4.96. The lowest BCUT2D eigenvalue weighted by molar-refractivity contribution is -0.137. The van der Waals surface area contributed by atoms with E-state index >= 15 is 0 Å². The quantitative estimate of drug-likeness (QED) is 0.856. The lowest BCUT2D eigenvalue weighted by Gasteiger charge is -2.43. The molecule has 0 aromatic heterocycles. The van der Waals surface area contributed by atoms with E-state index in [1.54, 1.807) is 11.9 Å². The second-order valence-corrected chi connectivity index (χ2v) is 6.87. The Balaban J connectivity index is 2.14. The van der Waals surface area contributed by atoms with Crippen LogP contribution in [0.15, 0.2) is 28.7 Å². The summed E-state index contributed by atoms with van der Waals surface area (Å²) in [7, 11) is 1.68. The number of nitrogens with zero attached hydrogens (tertiary/aromatic N) is 2. The van der Waals surface area contributed by atoms with Crippen LogP contribution in [0.25, 0.3) is 0 Å². The van der Waals surface area contributed by atoms with Crippen LogP contribution in [0.3, 0.4) is 0 Å². The largest absolute Gasteiger partial charge is 0.349 e. The van der Waals surface area contributed by atoms with Crippen LogP contribution < -0.4 is 5.32 Å². The van der Waals surface area contributed by atoms with Crippen molar-refractivity contribution in [1.82, 2.24) is 10.2 Å². The first-order chi connectivity index (χ1) is 10.9. The Kier molecular flexibility index (Phi) is 5.42. The molecule has 0 bridgehead atoms. The van der Waals surface area contributed by atoms with Gasteiger partial charge < -0.3 is 10.2 Å². The van der Waals surface area contributed by atoms with Crippen LogP contribution in [-0.4, -0.2) is 29.3 Å². The molecule has 0 heterocycles. The maximum Gasteiger partial charge on any atom is 0.226 e. The Labute approximate surface area is 144 Å². The van der Waals surface area contributed by atoms with E-state index in [9.17, 15) is 14.9 Å². The molecule has 6 heteroatoms. The van der Waals surface area contributed by atoms with E-state index in [1.165, 1.54) is 6.92 Å². The van der Waals surface area contributed by atoms with Crippen molar-refractivity contribution in [2.75, 3.05) is 7.05 Å². The highest BCUT2D eigenvalue weighted by atomic mass is 79.9. The third-order valence-electron chi connectivity index (χ3n) is 4.43. The zero-order chi connectivity index (χ0) is 17.0. The zero-order valence-corrected chi connectivity index (χ0v) is 14.9. The molecule has 2 amide bonds. The number of amides is 2. The SMILES string of the molecule is CC(=O)NC(CC(=O)N(C)C1(C#N)CCC1)c1ccc(Br)cc1. The molecule has 5 nitrogen and oxygen atoms in total. The highest BCUT2D eigenvalue weighted by Gasteiger charge is 2.43. The van der Waals surface area contributed by atoms with Crippen molar-refractivity contribution in [1.29, 1.82) is 5.26 Å². The molecule has 1 N–H and O–H groups in total. The predicted molar refractivity (Wildman–Crippen MR) is 90.3 cm³/mol. The Hall–Kier alpha value is -1.87. The van der Waals surface area contributed by atoms with Crippen molar-refractivity contribution < 1.29 is 9.59 Å². The molecule has 1 aliphatic rings. The summed E-state index contributed by atoms with van der Waals surface area (Å²) >= 11 is 3.37. The van der Waals surface area contributed by atoms with E-state index in [-0.39, 0.29) is 18.2 Å². The normalized spacial score (nSPS) is 16.6. The van der Waals surface area contributed by atoms with Gasteiger partial charge in [-0.05, 0) is 37.0 Å². The molecule has 1 fully saturated rings. The van der Waals surface area contributed by atoms with Gasteiger partial charge in [0, 0.05) is 18.4 Å². The highest BCUT2D eigenvalue weighted by molar-refractivity contribution is 9.10. The Morgan fingerprint density at radius 1 is 1.39 bits per heavy atom. The lowest BCUT2D eigenvalue weighted by Crippen LogP contribution is -2.53. The van der Waals surface area contributed by atoms with E-state index in [4.69, 9.17) is 0 Å². The van der Waals surface area contributed by atoms with Crippen LogP contribution in [0, 0.1) is 11.3 Å². The average Bonchev–Trinajstić information content (AvgIpc) is 2.46. The summed E-state index contributed by atoms with van der Waals surface area (Å²) in [6.45, 7) is 1.43. The molecule has 0 spiro atoms. The second kappa shape index (κ2) is 7.14. The van der Waals surface area contributed by atoms with E-state index in [2.05, 4.69) is 27.3 Å². The van der Waals surface area contributed by atoms with Gasteiger partial charge in [0.2, 0.25) is 11.8 Å². The number of nitriles is 1. The molecule has 0 aliphatic heterocycles. The smallest absolute Gasteiger partial charge is 0.226 e. The van der Waals surface area contributed by atoms with E-state index in [0.717, 1.165) is 29.3 Å². The zero-order valence-electron chi connectivity index (χ0n) is 13.3. The molecule has 2 rings (SSSR count). The molecular weight excluding hydrogens is 358 g/mol. The van der Waals surface area contributed by atoms with Gasteiger partial charge in [0.1, 0.15) is 5.54 Å². The summed E-state index contributed by atoms with van der Waals surface area (Å²) in [5.41, 5.74) is 0.196. The molecular formula is C17H20BrN3O2. The number of halogens is 1. The Morgan fingerprint density at radius 3 is 2.43 bits per heavy atom. The summed E-state index contributed by atoms with van der Waals surface area (Å²) in [4.78, 5) is 25.6. The maximum atomic E-state index is 12.6. The van der Waals surface area contributed by atoms with Gasteiger partial charge in [-0.2, -0.15) is 5.26 Å². The number of rotatable bonds is 5. The topological polar surface area (TPSA) is 73.2 Å². The minimum atomic E-state index is -0.669. The fourth-order valence-corrected chi connectivity index (χ4v) is 3.04. The molecule has 1 atom stereocenters. The second-order valence-electron chi connectivity index (χ2n) is 5.96. The van der Waals surface area contributed by atoms with Crippen LogP contribution in [0.1, 0.15) is 44.2 Å². The highest BCUT2D eigenvalue weighted by Crippen LogP contribution is 2.37. The van der Waals surface area contributed by atoms with Gasteiger partial charge in [0.15, 0.2) is 0 Å². The van der Waals surface area contributed by atoms with Gasteiger partial charge >= 0.3 is 0 Å². The van der Waals surface area contributed by atoms with Gasteiger partial charge in [-0.15, -0.1) is 0 Å². The number of hydrogen-bond donors (Lipinski definition) is 1. The average molecular weight is 378 g/mol. The lowest BCUT2D eigenvalue weighted by atomic mass is 9.76. The molecule has 1 aromatic rings. The van der Waals surface area contributed by atoms with Crippen molar-refractivity contribution >= 4 is 27.7 Å². The number of nitrogens with one attached hydrogen (secondary N) is 1. The molecule has 1 unspecified atom stereocenters. The molecule has 1 saturated carbocycles. The summed E-state index contributed by atoms with van der Waals surface area (Å²) < 4.78 is 0.934.